The average molecular weight is 497 g/mol. The van der Waals surface area contributed by atoms with E-state index in [0.29, 0.717) is 17.1 Å². The maximum atomic E-state index is 13.2. The van der Waals surface area contributed by atoms with E-state index < -0.39 is 0 Å². The number of rotatable bonds is 6. The SMILES string of the molecule is CSc1nc(-c2cccc(NC(=O)c3cccc4c3ccn4C)c2)c(-c2ccnc(NC(C)=O)c2)[nH]1. The molecule has 3 heterocycles. The molecule has 2 aromatic carbocycles. The number of carbonyl (C=O) groups is 2. The molecule has 0 aliphatic heterocycles. The van der Waals surface area contributed by atoms with Gasteiger partial charge >= 0.3 is 0 Å². The third-order valence-corrected chi connectivity index (χ3v) is 6.37. The van der Waals surface area contributed by atoms with Crippen molar-refractivity contribution >= 4 is 46.0 Å². The van der Waals surface area contributed by atoms with Crippen LogP contribution in [0.2, 0.25) is 0 Å². The molecule has 0 bridgehead atoms. The van der Waals surface area contributed by atoms with Crippen LogP contribution in [0.25, 0.3) is 33.4 Å². The van der Waals surface area contributed by atoms with E-state index in [9.17, 15) is 9.59 Å². The monoisotopic (exact) mass is 496 g/mol. The van der Waals surface area contributed by atoms with Gasteiger partial charge in [-0.1, -0.05) is 30.0 Å². The standard InChI is InChI=1S/C27H24N6O2S/c1-16(34)29-23-15-18(10-12-28-23)25-24(31-27(32-25)36-3)17-6-4-7-19(14-17)30-26(35)21-8-5-9-22-20(21)11-13-33(22)2/h4-15H,1-3H3,(H,30,35)(H,31,32)(H,28,29,34). The van der Waals surface area contributed by atoms with E-state index in [-0.39, 0.29) is 11.8 Å². The molecule has 3 aromatic heterocycles. The van der Waals surface area contributed by atoms with Crippen molar-refractivity contribution in [1.29, 1.82) is 0 Å². The minimum atomic E-state index is -0.191. The number of H-pyrrole nitrogens is 1. The molecule has 0 fully saturated rings. The number of carbonyl (C=O) groups excluding carboxylic acids is 2. The van der Waals surface area contributed by atoms with E-state index in [1.54, 1.807) is 12.3 Å². The van der Waals surface area contributed by atoms with Gasteiger partial charge in [0.05, 0.1) is 11.4 Å². The first-order valence-electron chi connectivity index (χ1n) is 11.3. The Morgan fingerprint density at radius 2 is 1.83 bits per heavy atom. The molecular formula is C27H24N6O2S. The summed E-state index contributed by atoms with van der Waals surface area (Å²) >= 11 is 1.50. The molecule has 0 saturated heterocycles. The summed E-state index contributed by atoms with van der Waals surface area (Å²) in [5.41, 5.74) is 5.49. The number of thioether (sulfide) groups is 1. The molecule has 0 radical (unpaired) electrons. The van der Waals surface area contributed by atoms with E-state index in [1.807, 2.05) is 78.7 Å². The predicted octanol–water partition coefficient (Wildman–Crippen LogP) is 5.56. The van der Waals surface area contributed by atoms with Crippen LogP contribution in [0, 0.1) is 0 Å². The maximum Gasteiger partial charge on any atom is 0.256 e. The van der Waals surface area contributed by atoms with E-state index in [2.05, 4.69) is 20.6 Å². The number of anilines is 2. The first kappa shape index (κ1) is 23.4. The van der Waals surface area contributed by atoms with Gasteiger partial charge in [-0.2, -0.15) is 0 Å². The largest absolute Gasteiger partial charge is 0.351 e. The minimum Gasteiger partial charge on any atom is -0.351 e. The zero-order chi connectivity index (χ0) is 25.2. The molecule has 2 amide bonds. The van der Waals surface area contributed by atoms with Crippen LogP contribution in [-0.2, 0) is 11.8 Å². The summed E-state index contributed by atoms with van der Waals surface area (Å²) in [5, 5.41) is 7.40. The number of nitrogens with one attached hydrogen (secondary N) is 3. The van der Waals surface area contributed by atoms with E-state index in [1.165, 1.54) is 18.7 Å². The second kappa shape index (κ2) is 9.71. The number of aromatic amines is 1. The normalized spacial score (nSPS) is 11.0. The van der Waals surface area contributed by atoms with Crippen molar-refractivity contribution in [3.05, 3.63) is 78.6 Å². The summed E-state index contributed by atoms with van der Waals surface area (Å²) in [6.07, 6.45) is 5.54. The zero-order valence-electron chi connectivity index (χ0n) is 20.0. The Morgan fingerprint density at radius 3 is 2.64 bits per heavy atom. The van der Waals surface area contributed by atoms with Crippen LogP contribution in [0.5, 0.6) is 0 Å². The molecular weight excluding hydrogens is 472 g/mol. The van der Waals surface area contributed by atoms with Crippen LogP contribution in [0.3, 0.4) is 0 Å². The van der Waals surface area contributed by atoms with Crippen LogP contribution in [0.4, 0.5) is 11.5 Å². The first-order chi connectivity index (χ1) is 17.4. The summed E-state index contributed by atoms with van der Waals surface area (Å²) < 4.78 is 1.99. The number of nitrogens with zero attached hydrogens (tertiary/aromatic N) is 3. The lowest BCUT2D eigenvalue weighted by molar-refractivity contribution is -0.114. The lowest BCUT2D eigenvalue weighted by atomic mass is 10.0. The molecule has 0 saturated carbocycles. The van der Waals surface area contributed by atoms with Crippen molar-refractivity contribution in [1.82, 2.24) is 19.5 Å². The first-order valence-corrected chi connectivity index (χ1v) is 12.5. The van der Waals surface area contributed by atoms with Gasteiger partial charge in [-0.05, 0) is 48.7 Å². The minimum absolute atomic E-state index is 0.176. The van der Waals surface area contributed by atoms with Gasteiger partial charge in [-0.15, -0.1) is 0 Å². The Balaban J connectivity index is 1.49. The number of benzene rings is 2. The van der Waals surface area contributed by atoms with Crippen molar-refractivity contribution in [2.45, 2.75) is 12.1 Å². The number of fused-ring (bicyclic) bond motifs is 1. The lowest BCUT2D eigenvalue weighted by Gasteiger charge is -2.09. The Morgan fingerprint density at radius 1 is 1.00 bits per heavy atom. The molecule has 0 aliphatic rings. The Labute approximate surface area is 212 Å². The molecule has 180 valence electrons. The summed E-state index contributed by atoms with van der Waals surface area (Å²) in [6.45, 7) is 1.44. The third kappa shape index (κ3) is 4.60. The molecule has 0 atom stereocenters. The molecule has 0 spiro atoms. The van der Waals surface area contributed by atoms with Gasteiger partial charge < -0.3 is 20.2 Å². The van der Waals surface area contributed by atoms with Gasteiger partial charge in [-0.3, -0.25) is 9.59 Å². The fourth-order valence-electron chi connectivity index (χ4n) is 4.14. The predicted molar refractivity (Wildman–Crippen MR) is 144 cm³/mol. The van der Waals surface area contributed by atoms with Gasteiger partial charge in [0.25, 0.3) is 5.91 Å². The lowest BCUT2D eigenvalue weighted by Crippen LogP contribution is -2.12. The number of aromatic nitrogens is 4. The highest BCUT2D eigenvalue weighted by atomic mass is 32.2. The van der Waals surface area contributed by atoms with Gasteiger partial charge in [0.2, 0.25) is 5.91 Å². The fraction of sp³-hybridized carbons (Fsp3) is 0.111. The highest BCUT2D eigenvalue weighted by Gasteiger charge is 2.17. The zero-order valence-corrected chi connectivity index (χ0v) is 20.8. The number of hydrogen-bond donors (Lipinski definition) is 3. The van der Waals surface area contributed by atoms with Gasteiger partial charge in [-0.25, -0.2) is 9.97 Å². The van der Waals surface area contributed by atoms with Crippen molar-refractivity contribution in [3.8, 4) is 22.5 Å². The van der Waals surface area contributed by atoms with Gasteiger partial charge in [0.1, 0.15) is 5.82 Å². The van der Waals surface area contributed by atoms with Crippen LogP contribution in [0.15, 0.2) is 78.2 Å². The van der Waals surface area contributed by atoms with Crippen LogP contribution >= 0.6 is 11.8 Å². The molecule has 0 aliphatic carbocycles. The Hall–Kier alpha value is -4.37. The summed E-state index contributed by atoms with van der Waals surface area (Å²) in [5.74, 6) is 0.0939. The Kier molecular flexibility index (Phi) is 6.30. The number of amides is 2. The molecule has 3 N–H and O–H groups in total. The second-order valence-corrected chi connectivity index (χ2v) is 9.08. The molecule has 36 heavy (non-hydrogen) atoms. The summed E-state index contributed by atoms with van der Waals surface area (Å²) in [4.78, 5) is 37.0. The smallest absolute Gasteiger partial charge is 0.256 e. The molecule has 5 aromatic rings. The molecule has 9 heteroatoms. The average Bonchev–Trinajstić information content (AvgIpc) is 3.48. The number of imidazole rings is 1. The van der Waals surface area contributed by atoms with Gasteiger partial charge in [0, 0.05) is 59.6 Å². The van der Waals surface area contributed by atoms with Crippen LogP contribution < -0.4 is 10.6 Å². The van der Waals surface area contributed by atoms with Crippen molar-refractivity contribution in [2.24, 2.45) is 7.05 Å². The highest BCUT2D eigenvalue weighted by Crippen LogP contribution is 2.34. The number of pyridine rings is 1. The van der Waals surface area contributed by atoms with Crippen molar-refractivity contribution in [2.75, 3.05) is 16.9 Å². The second-order valence-electron chi connectivity index (χ2n) is 8.28. The molecule has 5 rings (SSSR count). The topological polar surface area (TPSA) is 105 Å². The highest BCUT2D eigenvalue weighted by molar-refractivity contribution is 7.98. The van der Waals surface area contributed by atoms with E-state index >= 15 is 0 Å². The van der Waals surface area contributed by atoms with E-state index in [4.69, 9.17) is 4.98 Å². The number of aryl methyl sites for hydroxylation is 1. The van der Waals surface area contributed by atoms with Crippen LogP contribution in [-0.4, -0.2) is 37.6 Å². The quantitative estimate of drug-likeness (QED) is 0.267. The molecule has 8 nitrogen and oxygen atoms in total. The van der Waals surface area contributed by atoms with Crippen LogP contribution in [0.1, 0.15) is 17.3 Å². The van der Waals surface area contributed by atoms with Crippen molar-refractivity contribution in [3.63, 3.8) is 0 Å². The molecule has 0 unspecified atom stereocenters. The summed E-state index contributed by atoms with van der Waals surface area (Å²) in [7, 11) is 1.96. The number of hydrogen-bond acceptors (Lipinski definition) is 5. The maximum absolute atomic E-state index is 13.2. The van der Waals surface area contributed by atoms with E-state index in [0.717, 1.165) is 38.6 Å². The van der Waals surface area contributed by atoms with Gasteiger partial charge in [0.15, 0.2) is 5.16 Å². The van der Waals surface area contributed by atoms with Crippen molar-refractivity contribution < 1.29 is 9.59 Å². The fourth-order valence-corrected chi connectivity index (χ4v) is 4.53. The Bertz CT molecular complexity index is 1600. The summed E-state index contributed by atoms with van der Waals surface area (Å²) in [6, 6.07) is 18.9. The third-order valence-electron chi connectivity index (χ3n) is 5.79.